The van der Waals surface area contributed by atoms with Gasteiger partial charge in [0.05, 0.1) is 11.1 Å². The molecule has 0 atom stereocenters. The van der Waals surface area contributed by atoms with E-state index in [9.17, 15) is 9.59 Å². The SMILES string of the molecule is Cc1ccccc1CC1(C(=O)OCc2ccccn2)CCN(C(=O)OC(C)(C)C)CC1. The van der Waals surface area contributed by atoms with Crippen LogP contribution in [-0.2, 0) is 27.3 Å². The first-order valence-corrected chi connectivity index (χ1v) is 10.8. The largest absolute Gasteiger partial charge is 0.459 e. The predicted molar refractivity (Wildman–Crippen MR) is 118 cm³/mol. The molecule has 2 heterocycles. The van der Waals surface area contributed by atoms with E-state index in [0.717, 1.165) is 11.1 Å². The van der Waals surface area contributed by atoms with Crippen LogP contribution in [0.3, 0.4) is 0 Å². The van der Waals surface area contributed by atoms with Crippen molar-refractivity contribution < 1.29 is 19.1 Å². The number of ether oxygens (including phenoxy) is 2. The topological polar surface area (TPSA) is 68.7 Å². The Morgan fingerprint density at radius 1 is 1.06 bits per heavy atom. The average molecular weight is 425 g/mol. The van der Waals surface area contributed by atoms with E-state index >= 15 is 0 Å². The van der Waals surface area contributed by atoms with Gasteiger partial charge in [-0.15, -0.1) is 0 Å². The van der Waals surface area contributed by atoms with E-state index in [1.165, 1.54) is 0 Å². The van der Waals surface area contributed by atoms with Crippen molar-refractivity contribution in [1.29, 1.82) is 0 Å². The van der Waals surface area contributed by atoms with Crippen molar-refractivity contribution in [1.82, 2.24) is 9.88 Å². The number of benzene rings is 1. The van der Waals surface area contributed by atoms with Crippen molar-refractivity contribution in [3.05, 3.63) is 65.5 Å². The van der Waals surface area contributed by atoms with Gasteiger partial charge in [0, 0.05) is 19.3 Å². The number of aromatic nitrogens is 1. The number of carbonyl (C=O) groups is 2. The molecule has 2 aromatic rings. The standard InChI is InChI=1S/C25H32N2O4/c1-19-9-5-6-10-20(19)17-25(22(28)30-18-21-11-7-8-14-26-21)12-15-27(16-13-25)23(29)31-24(2,3)4/h5-11,14H,12-13,15-18H2,1-4H3. The molecule has 1 aliphatic rings. The van der Waals surface area contributed by atoms with E-state index in [4.69, 9.17) is 9.47 Å². The van der Waals surface area contributed by atoms with Crippen LogP contribution in [0, 0.1) is 12.3 Å². The van der Waals surface area contributed by atoms with Crippen molar-refractivity contribution in [2.24, 2.45) is 5.41 Å². The number of piperidine rings is 1. The molecule has 1 fully saturated rings. The fourth-order valence-electron chi connectivity index (χ4n) is 3.85. The van der Waals surface area contributed by atoms with E-state index < -0.39 is 11.0 Å². The van der Waals surface area contributed by atoms with Gasteiger partial charge in [-0.3, -0.25) is 9.78 Å². The lowest BCUT2D eigenvalue weighted by atomic mass is 9.73. The van der Waals surface area contributed by atoms with Crippen LogP contribution in [0.1, 0.15) is 50.4 Å². The van der Waals surface area contributed by atoms with Crippen LogP contribution < -0.4 is 0 Å². The van der Waals surface area contributed by atoms with E-state index in [1.54, 1.807) is 11.1 Å². The highest BCUT2D eigenvalue weighted by Crippen LogP contribution is 2.38. The number of aryl methyl sites for hydroxylation is 1. The fraction of sp³-hybridized carbons (Fsp3) is 0.480. The number of rotatable bonds is 5. The summed E-state index contributed by atoms with van der Waals surface area (Å²) in [6.07, 6.45) is 3.00. The maximum atomic E-state index is 13.3. The second-order valence-electron chi connectivity index (χ2n) is 9.25. The summed E-state index contributed by atoms with van der Waals surface area (Å²) in [7, 11) is 0. The minimum absolute atomic E-state index is 0.144. The lowest BCUT2D eigenvalue weighted by Gasteiger charge is -2.40. The van der Waals surface area contributed by atoms with Crippen LogP contribution in [-0.4, -0.2) is 40.6 Å². The molecule has 1 aromatic heterocycles. The van der Waals surface area contributed by atoms with Gasteiger partial charge >= 0.3 is 12.1 Å². The van der Waals surface area contributed by atoms with Crippen molar-refractivity contribution in [2.75, 3.05) is 13.1 Å². The number of likely N-dealkylation sites (tertiary alicyclic amines) is 1. The molecular weight excluding hydrogens is 392 g/mol. The molecule has 1 aliphatic heterocycles. The normalized spacial score (nSPS) is 15.9. The van der Waals surface area contributed by atoms with Crippen LogP contribution >= 0.6 is 0 Å². The third-order valence-corrected chi connectivity index (χ3v) is 5.67. The highest BCUT2D eigenvalue weighted by atomic mass is 16.6. The van der Waals surface area contributed by atoms with Crippen molar-refractivity contribution >= 4 is 12.1 Å². The molecule has 6 nitrogen and oxygen atoms in total. The lowest BCUT2D eigenvalue weighted by molar-refractivity contribution is -0.160. The fourth-order valence-corrected chi connectivity index (χ4v) is 3.85. The highest BCUT2D eigenvalue weighted by molar-refractivity contribution is 5.78. The summed E-state index contributed by atoms with van der Waals surface area (Å²) >= 11 is 0. The molecule has 1 saturated heterocycles. The molecule has 3 rings (SSSR count). The zero-order chi connectivity index (χ0) is 22.5. The molecule has 0 unspecified atom stereocenters. The molecule has 0 saturated carbocycles. The van der Waals surface area contributed by atoms with Crippen molar-refractivity contribution in [2.45, 2.75) is 59.2 Å². The van der Waals surface area contributed by atoms with Gasteiger partial charge in [-0.05, 0) is 70.2 Å². The smallest absolute Gasteiger partial charge is 0.410 e. The summed E-state index contributed by atoms with van der Waals surface area (Å²) in [4.78, 5) is 31.8. The van der Waals surface area contributed by atoms with E-state index in [1.807, 2.05) is 51.1 Å². The summed E-state index contributed by atoms with van der Waals surface area (Å²) < 4.78 is 11.2. The number of nitrogens with zero attached hydrogens (tertiary/aromatic N) is 2. The third-order valence-electron chi connectivity index (χ3n) is 5.67. The number of carbonyl (C=O) groups excluding carboxylic acids is 2. The molecule has 0 N–H and O–H groups in total. The van der Waals surface area contributed by atoms with E-state index in [2.05, 4.69) is 24.0 Å². The van der Waals surface area contributed by atoms with Gasteiger partial charge in [-0.2, -0.15) is 0 Å². The van der Waals surface area contributed by atoms with Gasteiger partial charge in [0.1, 0.15) is 12.2 Å². The minimum atomic E-state index is -0.681. The Hall–Kier alpha value is -2.89. The third kappa shape index (κ3) is 6.06. The molecule has 0 spiro atoms. The number of hydrogen-bond donors (Lipinski definition) is 0. The molecule has 0 bridgehead atoms. The first kappa shape index (κ1) is 22.8. The van der Waals surface area contributed by atoms with Gasteiger partial charge in [0.2, 0.25) is 0 Å². The van der Waals surface area contributed by atoms with Crippen LogP contribution in [0.25, 0.3) is 0 Å². The van der Waals surface area contributed by atoms with Crippen LogP contribution in [0.15, 0.2) is 48.7 Å². The average Bonchev–Trinajstić information content (AvgIpc) is 2.73. The Bertz CT molecular complexity index is 897. The van der Waals surface area contributed by atoms with Crippen LogP contribution in [0.2, 0.25) is 0 Å². The van der Waals surface area contributed by atoms with Crippen molar-refractivity contribution in [3.63, 3.8) is 0 Å². The molecule has 0 radical (unpaired) electrons. The van der Waals surface area contributed by atoms with Gasteiger partial charge in [0.25, 0.3) is 0 Å². The monoisotopic (exact) mass is 424 g/mol. The van der Waals surface area contributed by atoms with Gasteiger partial charge in [-0.25, -0.2) is 4.79 Å². The Kier molecular flexibility index (Phi) is 6.98. The molecule has 31 heavy (non-hydrogen) atoms. The van der Waals surface area contributed by atoms with Gasteiger partial charge < -0.3 is 14.4 Å². The molecule has 0 aliphatic carbocycles. The van der Waals surface area contributed by atoms with Crippen LogP contribution in [0.4, 0.5) is 4.79 Å². The Labute approximate surface area is 184 Å². The molecule has 166 valence electrons. The first-order chi connectivity index (χ1) is 14.7. The Morgan fingerprint density at radius 2 is 1.74 bits per heavy atom. The maximum absolute atomic E-state index is 13.3. The lowest BCUT2D eigenvalue weighted by Crippen LogP contribution is -2.49. The predicted octanol–water partition coefficient (Wildman–Crippen LogP) is 4.69. The summed E-state index contributed by atoms with van der Waals surface area (Å²) in [5.41, 5.74) is 1.76. The first-order valence-electron chi connectivity index (χ1n) is 10.8. The summed E-state index contributed by atoms with van der Waals surface area (Å²) in [6.45, 7) is 8.67. The highest BCUT2D eigenvalue weighted by Gasteiger charge is 2.44. The van der Waals surface area contributed by atoms with Gasteiger partial charge in [-0.1, -0.05) is 30.3 Å². The zero-order valence-corrected chi connectivity index (χ0v) is 18.9. The molecule has 1 amide bonds. The van der Waals surface area contributed by atoms with Gasteiger partial charge in [0.15, 0.2) is 0 Å². The number of pyridine rings is 1. The molecule has 6 heteroatoms. The molecular formula is C25H32N2O4. The molecule has 1 aromatic carbocycles. The van der Waals surface area contributed by atoms with Crippen molar-refractivity contribution in [3.8, 4) is 0 Å². The Balaban J connectivity index is 1.75. The Morgan fingerprint density at radius 3 is 2.35 bits per heavy atom. The quantitative estimate of drug-likeness (QED) is 0.651. The summed E-state index contributed by atoms with van der Waals surface area (Å²) in [5, 5.41) is 0. The second-order valence-corrected chi connectivity index (χ2v) is 9.25. The van der Waals surface area contributed by atoms with E-state index in [0.29, 0.717) is 38.0 Å². The van der Waals surface area contributed by atoms with E-state index in [-0.39, 0.29) is 18.7 Å². The number of esters is 1. The zero-order valence-electron chi connectivity index (χ0n) is 18.9. The minimum Gasteiger partial charge on any atom is -0.459 e. The number of amides is 1. The number of hydrogen-bond acceptors (Lipinski definition) is 5. The second kappa shape index (κ2) is 9.50. The summed E-state index contributed by atoms with van der Waals surface area (Å²) in [5.74, 6) is -0.231. The van der Waals surface area contributed by atoms with Crippen LogP contribution in [0.5, 0.6) is 0 Å². The maximum Gasteiger partial charge on any atom is 0.410 e. The summed E-state index contributed by atoms with van der Waals surface area (Å²) in [6, 6.07) is 13.6.